The summed E-state index contributed by atoms with van der Waals surface area (Å²) in [6.07, 6.45) is 2.64. The normalized spacial score (nSPS) is 25.4. The highest BCUT2D eigenvalue weighted by atomic mass is 16.2. The zero-order valence-corrected chi connectivity index (χ0v) is 14.9. The SMILES string of the molecule is CN(C[C@@H]1C2CN(C(=O)c3ccccc3)C[C@H]21)c1ncnc2c1CCN2. The third-order valence-corrected chi connectivity index (χ3v) is 6.12. The van der Waals surface area contributed by atoms with Crippen LogP contribution in [0.15, 0.2) is 36.7 Å². The summed E-state index contributed by atoms with van der Waals surface area (Å²) < 4.78 is 0. The maximum Gasteiger partial charge on any atom is 0.253 e. The second-order valence-electron chi connectivity index (χ2n) is 7.65. The topological polar surface area (TPSA) is 61.4 Å². The lowest BCUT2D eigenvalue weighted by Crippen LogP contribution is -2.33. The Kier molecular flexibility index (Phi) is 3.58. The molecule has 6 nitrogen and oxygen atoms in total. The molecule has 2 aromatic rings. The minimum atomic E-state index is 0.171. The molecule has 1 saturated carbocycles. The number of benzene rings is 1. The minimum Gasteiger partial charge on any atom is -0.369 e. The number of hydrogen-bond acceptors (Lipinski definition) is 5. The molecule has 26 heavy (non-hydrogen) atoms. The molecule has 1 saturated heterocycles. The van der Waals surface area contributed by atoms with Gasteiger partial charge in [-0.1, -0.05) is 18.2 Å². The van der Waals surface area contributed by atoms with E-state index in [0.717, 1.165) is 49.8 Å². The molecule has 6 heteroatoms. The molecular formula is C20H23N5O. The van der Waals surface area contributed by atoms with Crippen molar-refractivity contribution in [1.29, 1.82) is 0 Å². The van der Waals surface area contributed by atoms with Gasteiger partial charge in [-0.25, -0.2) is 9.97 Å². The van der Waals surface area contributed by atoms with E-state index in [1.165, 1.54) is 5.56 Å². The molecule has 1 amide bonds. The number of rotatable bonds is 4. The van der Waals surface area contributed by atoms with Crippen molar-refractivity contribution < 1.29 is 4.79 Å². The smallest absolute Gasteiger partial charge is 0.253 e. The molecule has 1 aliphatic carbocycles. The van der Waals surface area contributed by atoms with Crippen molar-refractivity contribution >= 4 is 17.5 Å². The van der Waals surface area contributed by atoms with Gasteiger partial charge < -0.3 is 15.1 Å². The molecule has 3 atom stereocenters. The summed E-state index contributed by atoms with van der Waals surface area (Å²) >= 11 is 0. The van der Waals surface area contributed by atoms with Crippen LogP contribution in [0.25, 0.3) is 0 Å². The predicted octanol–water partition coefficient (Wildman–Crippen LogP) is 1.90. The summed E-state index contributed by atoms with van der Waals surface area (Å²) in [6, 6.07) is 9.61. The number of carbonyl (C=O) groups is 1. The van der Waals surface area contributed by atoms with Crippen molar-refractivity contribution in [2.75, 3.05) is 43.4 Å². The molecule has 1 unspecified atom stereocenters. The van der Waals surface area contributed by atoms with Gasteiger partial charge in [0, 0.05) is 44.4 Å². The second-order valence-corrected chi connectivity index (χ2v) is 7.65. The zero-order chi connectivity index (χ0) is 17.7. The lowest BCUT2D eigenvalue weighted by molar-refractivity contribution is 0.0768. The molecule has 1 N–H and O–H groups in total. The lowest BCUT2D eigenvalue weighted by atomic mass is 10.1. The maximum atomic E-state index is 12.6. The highest BCUT2D eigenvalue weighted by Crippen LogP contribution is 2.52. The van der Waals surface area contributed by atoms with Crippen LogP contribution in [0.4, 0.5) is 11.6 Å². The van der Waals surface area contributed by atoms with E-state index in [1.54, 1.807) is 6.33 Å². The molecule has 0 bridgehead atoms. The van der Waals surface area contributed by atoms with E-state index in [9.17, 15) is 4.79 Å². The molecule has 1 aromatic heterocycles. The lowest BCUT2D eigenvalue weighted by Gasteiger charge is -2.24. The monoisotopic (exact) mass is 349 g/mol. The first-order chi connectivity index (χ1) is 12.7. The molecule has 2 fully saturated rings. The average Bonchev–Trinajstić information content (AvgIpc) is 3.08. The first kappa shape index (κ1) is 15.6. The van der Waals surface area contributed by atoms with E-state index in [2.05, 4.69) is 27.2 Å². The van der Waals surface area contributed by atoms with Crippen LogP contribution in [0.1, 0.15) is 15.9 Å². The number of nitrogens with zero attached hydrogens (tertiary/aromatic N) is 4. The molecule has 3 heterocycles. The van der Waals surface area contributed by atoms with Crippen molar-refractivity contribution in [1.82, 2.24) is 14.9 Å². The Morgan fingerprint density at radius 3 is 2.77 bits per heavy atom. The highest BCUT2D eigenvalue weighted by molar-refractivity contribution is 5.94. The minimum absolute atomic E-state index is 0.171. The van der Waals surface area contributed by atoms with Crippen molar-refractivity contribution in [3.05, 3.63) is 47.8 Å². The van der Waals surface area contributed by atoms with Gasteiger partial charge in [-0.15, -0.1) is 0 Å². The molecular weight excluding hydrogens is 326 g/mol. The molecule has 0 spiro atoms. The van der Waals surface area contributed by atoms with E-state index < -0.39 is 0 Å². The van der Waals surface area contributed by atoms with Crippen molar-refractivity contribution in [2.24, 2.45) is 17.8 Å². The molecule has 1 aromatic carbocycles. The molecule has 134 valence electrons. The van der Waals surface area contributed by atoms with Crippen LogP contribution in [0.2, 0.25) is 0 Å². The fraction of sp³-hybridized carbons (Fsp3) is 0.450. The van der Waals surface area contributed by atoms with Gasteiger partial charge in [0.2, 0.25) is 0 Å². The van der Waals surface area contributed by atoms with Gasteiger partial charge in [0.15, 0.2) is 0 Å². The number of fused-ring (bicyclic) bond motifs is 2. The summed E-state index contributed by atoms with van der Waals surface area (Å²) in [5.74, 6) is 4.15. The number of hydrogen-bond donors (Lipinski definition) is 1. The quantitative estimate of drug-likeness (QED) is 0.913. The van der Waals surface area contributed by atoms with Crippen LogP contribution in [-0.4, -0.2) is 54.0 Å². The van der Waals surface area contributed by atoms with Crippen molar-refractivity contribution in [2.45, 2.75) is 6.42 Å². The van der Waals surface area contributed by atoms with Gasteiger partial charge >= 0.3 is 0 Å². The van der Waals surface area contributed by atoms with Crippen LogP contribution >= 0.6 is 0 Å². The fourth-order valence-corrected chi connectivity index (χ4v) is 4.67. The largest absolute Gasteiger partial charge is 0.369 e. The molecule has 0 radical (unpaired) electrons. The van der Waals surface area contributed by atoms with Crippen LogP contribution in [0.3, 0.4) is 0 Å². The van der Waals surface area contributed by atoms with Crippen LogP contribution in [0, 0.1) is 17.8 Å². The standard InChI is InChI=1S/C20H23N5O/c1-24(19-14-7-8-21-18(14)22-12-23-19)9-15-16-10-25(11-17(15)16)20(26)13-5-3-2-4-6-13/h2-6,12,15-17H,7-11H2,1H3,(H,21,22,23)/t15-,16-,17?/m0/s1. The Balaban J connectivity index is 1.21. The fourth-order valence-electron chi connectivity index (χ4n) is 4.67. The van der Waals surface area contributed by atoms with E-state index in [-0.39, 0.29) is 5.91 Å². The Morgan fingerprint density at radius 2 is 2.00 bits per heavy atom. The van der Waals surface area contributed by atoms with Crippen LogP contribution < -0.4 is 10.2 Å². The van der Waals surface area contributed by atoms with Crippen LogP contribution in [0.5, 0.6) is 0 Å². The first-order valence-electron chi connectivity index (χ1n) is 9.35. The van der Waals surface area contributed by atoms with Crippen LogP contribution in [-0.2, 0) is 6.42 Å². The maximum absolute atomic E-state index is 12.6. The Bertz CT molecular complexity index is 827. The van der Waals surface area contributed by atoms with E-state index in [1.807, 2.05) is 35.2 Å². The Hall–Kier alpha value is -2.63. The number of nitrogens with one attached hydrogen (secondary N) is 1. The van der Waals surface area contributed by atoms with Gasteiger partial charge in [-0.05, 0) is 36.3 Å². The third-order valence-electron chi connectivity index (χ3n) is 6.12. The summed E-state index contributed by atoms with van der Waals surface area (Å²) in [5, 5.41) is 3.32. The first-order valence-corrected chi connectivity index (χ1v) is 9.35. The average molecular weight is 349 g/mol. The summed E-state index contributed by atoms with van der Waals surface area (Å²) in [4.78, 5) is 25.7. The van der Waals surface area contributed by atoms with Gasteiger partial charge in [0.25, 0.3) is 5.91 Å². The Morgan fingerprint density at radius 1 is 1.23 bits per heavy atom. The van der Waals surface area contributed by atoms with Gasteiger partial charge in [0.1, 0.15) is 18.0 Å². The van der Waals surface area contributed by atoms with E-state index in [0.29, 0.717) is 17.8 Å². The molecule has 5 rings (SSSR count). The second kappa shape index (κ2) is 5.97. The number of carbonyl (C=O) groups excluding carboxylic acids is 1. The number of amides is 1. The third kappa shape index (κ3) is 2.52. The number of anilines is 2. The Labute approximate surface area is 153 Å². The van der Waals surface area contributed by atoms with E-state index in [4.69, 9.17) is 0 Å². The van der Waals surface area contributed by atoms with Crippen molar-refractivity contribution in [3.8, 4) is 0 Å². The molecule has 3 aliphatic rings. The summed E-state index contributed by atoms with van der Waals surface area (Å²) in [5.41, 5.74) is 2.04. The van der Waals surface area contributed by atoms with E-state index >= 15 is 0 Å². The van der Waals surface area contributed by atoms with Gasteiger partial charge in [-0.2, -0.15) is 0 Å². The van der Waals surface area contributed by atoms with Gasteiger partial charge in [-0.3, -0.25) is 4.79 Å². The number of piperidine rings is 1. The predicted molar refractivity (Wildman–Crippen MR) is 100 cm³/mol. The number of likely N-dealkylation sites (tertiary alicyclic amines) is 1. The molecule has 2 aliphatic heterocycles. The summed E-state index contributed by atoms with van der Waals surface area (Å²) in [6.45, 7) is 3.73. The number of aromatic nitrogens is 2. The zero-order valence-electron chi connectivity index (χ0n) is 14.9. The highest BCUT2D eigenvalue weighted by Gasteiger charge is 2.56. The summed E-state index contributed by atoms with van der Waals surface area (Å²) in [7, 11) is 2.13. The van der Waals surface area contributed by atoms with Gasteiger partial charge in [0.05, 0.1) is 0 Å². The van der Waals surface area contributed by atoms with Crippen molar-refractivity contribution in [3.63, 3.8) is 0 Å².